The second-order valence-electron chi connectivity index (χ2n) is 9.28. The highest BCUT2D eigenvalue weighted by Gasteiger charge is 2.58. The number of rotatable bonds is 7. The monoisotopic (exact) mass is 503 g/mol. The minimum Gasteiger partial charge on any atom is -0.482 e. The van der Waals surface area contributed by atoms with Gasteiger partial charge in [-0.2, -0.15) is 13.2 Å². The molecule has 7 nitrogen and oxygen atoms in total. The number of epoxide rings is 1. The number of fused-ring (bicyclic) bond motifs is 2. The van der Waals surface area contributed by atoms with E-state index >= 15 is 0 Å². The van der Waals surface area contributed by atoms with E-state index in [1.165, 1.54) is 4.90 Å². The summed E-state index contributed by atoms with van der Waals surface area (Å²) in [5.41, 5.74) is 0.666. The number of para-hydroxylation sites is 2. The number of piperazine rings is 1. The number of amides is 2. The topological polar surface area (TPSA) is 65.6 Å². The van der Waals surface area contributed by atoms with Gasteiger partial charge in [-0.05, 0) is 37.9 Å². The van der Waals surface area contributed by atoms with Crippen molar-refractivity contribution < 1.29 is 32.2 Å². The molecule has 0 N–H and O–H groups in total. The Morgan fingerprint density at radius 2 is 1.56 bits per heavy atom. The normalized spacial score (nSPS) is 28.9. The smallest absolute Gasteiger partial charge is 0.422 e. The molecule has 11 heteroatoms. The van der Waals surface area contributed by atoms with Gasteiger partial charge in [-0.3, -0.25) is 19.4 Å². The number of halogens is 4. The third-order valence-corrected chi connectivity index (χ3v) is 7.14. The predicted octanol–water partition coefficient (Wildman–Crippen LogP) is 2.72. The molecule has 3 heterocycles. The van der Waals surface area contributed by atoms with E-state index < -0.39 is 12.8 Å². The van der Waals surface area contributed by atoms with Gasteiger partial charge in [0.15, 0.2) is 6.61 Å². The first kappa shape index (κ1) is 25.1. The van der Waals surface area contributed by atoms with Crippen LogP contribution in [0.5, 0.6) is 5.75 Å². The summed E-state index contributed by atoms with van der Waals surface area (Å²) in [5, 5.41) is 0. The van der Waals surface area contributed by atoms with E-state index in [-0.39, 0.29) is 54.0 Å². The van der Waals surface area contributed by atoms with Crippen LogP contribution in [-0.2, 0) is 14.3 Å². The van der Waals surface area contributed by atoms with Crippen molar-refractivity contribution in [3.8, 4) is 5.75 Å². The minimum absolute atomic E-state index is 0. The van der Waals surface area contributed by atoms with Crippen LogP contribution >= 0.6 is 12.4 Å². The maximum absolute atomic E-state index is 12.7. The van der Waals surface area contributed by atoms with Crippen molar-refractivity contribution in [1.82, 2.24) is 9.80 Å². The minimum atomic E-state index is -4.38. The van der Waals surface area contributed by atoms with E-state index in [1.54, 1.807) is 24.3 Å². The van der Waals surface area contributed by atoms with Crippen LogP contribution < -0.4 is 9.64 Å². The second kappa shape index (κ2) is 9.91. The van der Waals surface area contributed by atoms with Gasteiger partial charge in [0.1, 0.15) is 5.75 Å². The molecule has 0 bridgehead atoms. The van der Waals surface area contributed by atoms with Crippen molar-refractivity contribution in [2.45, 2.75) is 37.6 Å². The fourth-order valence-corrected chi connectivity index (χ4v) is 5.36. The Balaban J connectivity index is 0.00000274. The summed E-state index contributed by atoms with van der Waals surface area (Å²) in [4.78, 5) is 31.1. The highest BCUT2D eigenvalue weighted by atomic mass is 35.5. The Hall–Kier alpha value is -2.04. The van der Waals surface area contributed by atoms with Gasteiger partial charge in [0.25, 0.3) is 0 Å². The first-order valence-corrected chi connectivity index (χ1v) is 11.6. The van der Waals surface area contributed by atoms with Crippen molar-refractivity contribution in [1.29, 1.82) is 0 Å². The molecule has 0 radical (unpaired) electrons. The highest BCUT2D eigenvalue weighted by Crippen LogP contribution is 2.47. The summed E-state index contributed by atoms with van der Waals surface area (Å²) in [6.45, 7) is 2.73. The summed E-state index contributed by atoms with van der Waals surface area (Å²) < 4.78 is 48.2. The fraction of sp³-hybridized carbons (Fsp3) is 0.652. The maximum Gasteiger partial charge on any atom is 0.422 e. The van der Waals surface area contributed by atoms with Crippen LogP contribution in [-0.4, -0.2) is 85.9 Å². The van der Waals surface area contributed by atoms with Crippen LogP contribution in [0.25, 0.3) is 0 Å². The molecule has 5 rings (SSSR count). The second-order valence-corrected chi connectivity index (χ2v) is 9.28. The molecule has 3 saturated heterocycles. The largest absolute Gasteiger partial charge is 0.482 e. The van der Waals surface area contributed by atoms with Gasteiger partial charge >= 0.3 is 6.18 Å². The van der Waals surface area contributed by atoms with E-state index in [1.807, 2.05) is 4.90 Å². The number of hydrogen-bond acceptors (Lipinski definition) is 6. The molecular formula is C23H29ClF3N3O4. The zero-order valence-electron chi connectivity index (χ0n) is 18.7. The average Bonchev–Trinajstić information content (AvgIpc) is 3.53. The Morgan fingerprint density at radius 3 is 2.18 bits per heavy atom. The third kappa shape index (κ3) is 5.28. The first-order chi connectivity index (χ1) is 15.8. The third-order valence-electron chi connectivity index (χ3n) is 7.14. The lowest BCUT2D eigenvalue weighted by Crippen LogP contribution is -2.47. The van der Waals surface area contributed by atoms with E-state index in [9.17, 15) is 22.8 Å². The SMILES string of the molecule is Cl.O=C1C2CC3OC3CC2C(=O)N1CCCN1CCN(c2ccccc2OCC(F)(F)F)CC1. The van der Waals surface area contributed by atoms with Crippen molar-refractivity contribution >= 4 is 29.9 Å². The van der Waals surface area contributed by atoms with Crippen molar-refractivity contribution in [3.05, 3.63) is 24.3 Å². The van der Waals surface area contributed by atoms with Crippen LogP contribution in [0.4, 0.5) is 18.9 Å². The zero-order valence-corrected chi connectivity index (χ0v) is 19.5. The summed E-state index contributed by atoms with van der Waals surface area (Å²) in [5.74, 6) is -0.258. The first-order valence-electron chi connectivity index (χ1n) is 11.6. The van der Waals surface area contributed by atoms with Crippen molar-refractivity contribution in [3.63, 3.8) is 0 Å². The molecule has 1 saturated carbocycles. The maximum atomic E-state index is 12.7. The molecular weight excluding hydrogens is 475 g/mol. The number of imide groups is 1. The van der Waals surface area contributed by atoms with E-state index in [2.05, 4.69) is 4.90 Å². The molecule has 4 fully saturated rings. The molecule has 34 heavy (non-hydrogen) atoms. The number of anilines is 1. The summed E-state index contributed by atoms with van der Waals surface area (Å²) in [6.07, 6.45) is -1.98. The molecule has 3 aliphatic heterocycles. The zero-order chi connectivity index (χ0) is 23.2. The van der Waals surface area contributed by atoms with Crippen LogP contribution in [0, 0.1) is 11.8 Å². The van der Waals surface area contributed by atoms with Crippen LogP contribution in [0.1, 0.15) is 19.3 Å². The predicted molar refractivity (Wildman–Crippen MR) is 120 cm³/mol. The quantitative estimate of drug-likeness (QED) is 0.421. The number of nitrogens with zero attached hydrogens (tertiary/aromatic N) is 3. The summed E-state index contributed by atoms with van der Waals surface area (Å²) in [6, 6.07) is 6.79. The number of carbonyl (C=O) groups is 2. The van der Waals surface area contributed by atoms with Gasteiger partial charge in [0.05, 0.1) is 29.7 Å². The Morgan fingerprint density at radius 1 is 0.941 bits per heavy atom. The molecule has 1 aromatic rings. The highest BCUT2D eigenvalue weighted by molar-refractivity contribution is 6.05. The summed E-state index contributed by atoms with van der Waals surface area (Å²) in [7, 11) is 0. The Kier molecular flexibility index (Phi) is 7.30. The van der Waals surface area contributed by atoms with Crippen LogP contribution in [0.3, 0.4) is 0 Å². The van der Waals surface area contributed by atoms with Crippen molar-refractivity contribution in [2.24, 2.45) is 11.8 Å². The molecule has 1 aliphatic carbocycles. The van der Waals surface area contributed by atoms with Gasteiger partial charge in [0, 0.05) is 32.7 Å². The fourth-order valence-electron chi connectivity index (χ4n) is 5.36. The Labute approximate surface area is 202 Å². The van der Waals surface area contributed by atoms with E-state index in [0.29, 0.717) is 44.6 Å². The molecule has 4 unspecified atom stereocenters. The lowest BCUT2D eigenvalue weighted by atomic mass is 9.81. The number of ether oxygens (including phenoxy) is 2. The number of alkyl halides is 3. The molecule has 2 amide bonds. The molecule has 4 atom stereocenters. The lowest BCUT2D eigenvalue weighted by Gasteiger charge is -2.37. The number of likely N-dealkylation sites (tertiary alicyclic amines) is 1. The molecule has 188 valence electrons. The number of hydrogen-bond donors (Lipinski definition) is 0. The molecule has 0 aromatic heterocycles. The molecule has 4 aliphatic rings. The van der Waals surface area contributed by atoms with Crippen molar-refractivity contribution in [2.75, 3.05) is 50.8 Å². The van der Waals surface area contributed by atoms with E-state index in [0.717, 1.165) is 19.6 Å². The standard InChI is InChI=1S/C23H28F3N3O4.ClH/c24-23(25,26)14-32-18-5-2-1-4-17(18)28-10-8-27(9-11-28)6-3-7-29-21(30)15-12-19-20(33-19)13-16(15)22(29)31;/h1-2,4-5,15-16,19-20H,3,6-14H2;1H. The van der Waals surface area contributed by atoms with Gasteiger partial charge in [0.2, 0.25) is 11.8 Å². The Bertz CT molecular complexity index is 882. The van der Waals surface area contributed by atoms with Crippen LogP contribution in [0.15, 0.2) is 24.3 Å². The van der Waals surface area contributed by atoms with Gasteiger partial charge in [-0.15, -0.1) is 12.4 Å². The van der Waals surface area contributed by atoms with Crippen LogP contribution in [0.2, 0.25) is 0 Å². The number of carbonyl (C=O) groups excluding carboxylic acids is 2. The molecule has 0 spiro atoms. The van der Waals surface area contributed by atoms with Gasteiger partial charge < -0.3 is 14.4 Å². The lowest BCUT2D eigenvalue weighted by molar-refractivity contribution is -0.153. The summed E-state index contributed by atoms with van der Waals surface area (Å²) >= 11 is 0. The van der Waals surface area contributed by atoms with E-state index in [4.69, 9.17) is 9.47 Å². The average molecular weight is 504 g/mol. The number of benzene rings is 1. The van der Waals surface area contributed by atoms with Gasteiger partial charge in [-0.1, -0.05) is 12.1 Å². The molecule has 1 aromatic carbocycles. The van der Waals surface area contributed by atoms with Gasteiger partial charge in [-0.25, -0.2) is 0 Å².